The lowest BCUT2D eigenvalue weighted by Gasteiger charge is -2.12. The molecule has 0 aliphatic heterocycles. The molecule has 0 bridgehead atoms. The number of hydrogen-bond donors (Lipinski definition) is 0. The zero-order valence-corrected chi connectivity index (χ0v) is 17.4. The van der Waals surface area contributed by atoms with E-state index >= 15 is 0 Å². The summed E-state index contributed by atoms with van der Waals surface area (Å²) in [6.07, 6.45) is 5.39. The molecule has 0 N–H and O–H groups in total. The maximum absolute atomic E-state index is 13.1. The number of benzene rings is 1. The lowest BCUT2D eigenvalue weighted by molar-refractivity contribution is 0.0524. The molecule has 0 radical (unpaired) electrons. The molecule has 0 amide bonds. The second kappa shape index (κ2) is 8.52. The first-order chi connectivity index (χ1) is 13.5. The number of carbonyl (C=O) groups is 1. The van der Waals surface area contributed by atoms with Gasteiger partial charge in [0.25, 0.3) is 0 Å². The van der Waals surface area contributed by atoms with Crippen LogP contribution in [0.25, 0.3) is 23.1 Å². The van der Waals surface area contributed by atoms with Crippen LogP contribution in [0.5, 0.6) is 0 Å². The fourth-order valence-electron chi connectivity index (χ4n) is 3.02. The van der Waals surface area contributed by atoms with Gasteiger partial charge in [-0.25, -0.2) is 9.78 Å². The highest BCUT2D eigenvalue weighted by molar-refractivity contribution is 7.10. The lowest BCUT2D eigenvalue weighted by atomic mass is 10.0. The van der Waals surface area contributed by atoms with Crippen LogP contribution in [-0.4, -0.2) is 22.1 Å². The maximum atomic E-state index is 13.1. The lowest BCUT2D eigenvalue weighted by Crippen LogP contribution is -2.21. The Morgan fingerprint density at radius 3 is 2.71 bits per heavy atom. The van der Waals surface area contributed by atoms with Crippen molar-refractivity contribution < 1.29 is 9.53 Å². The van der Waals surface area contributed by atoms with Gasteiger partial charge in [0.2, 0.25) is 5.43 Å². The van der Waals surface area contributed by atoms with Crippen molar-refractivity contribution >= 4 is 40.4 Å². The maximum Gasteiger partial charge on any atom is 0.343 e. The number of carbonyl (C=O) groups excluding carboxylic acids is 1. The van der Waals surface area contributed by atoms with Crippen LogP contribution in [0.1, 0.15) is 60.2 Å². The summed E-state index contributed by atoms with van der Waals surface area (Å²) in [6.45, 7) is 8.79. The first-order valence-electron chi connectivity index (χ1n) is 9.43. The van der Waals surface area contributed by atoms with E-state index in [1.165, 1.54) is 0 Å². The van der Waals surface area contributed by atoms with Crippen LogP contribution < -0.4 is 5.43 Å². The van der Waals surface area contributed by atoms with Gasteiger partial charge in [-0.1, -0.05) is 32.1 Å². The standard InChI is InChI=1S/C22H24N2O3S/c1-5-24-12-16(22(26)27-6-2)21(25)20-15(8-7-9-18(20)24)10-11-19-23-17(13-28-19)14(3)4/h7-14H,5-6H2,1-4H3. The van der Waals surface area contributed by atoms with Crippen molar-refractivity contribution in [3.05, 3.63) is 61.8 Å². The molecule has 2 aromatic heterocycles. The Morgan fingerprint density at radius 1 is 1.29 bits per heavy atom. The molecular weight excluding hydrogens is 372 g/mol. The van der Waals surface area contributed by atoms with Crippen molar-refractivity contribution in [1.29, 1.82) is 0 Å². The van der Waals surface area contributed by atoms with Gasteiger partial charge in [0.1, 0.15) is 10.6 Å². The molecule has 0 aliphatic rings. The minimum absolute atomic E-state index is 0.0633. The average Bonchev–Trinajstić information content (AvgIpc) is 3.16. The fraction of sp³-hybridized carbons (Fsp3) is 0.318. The van der Waals surface area contributed by atoms with E-state index in [4.69, 9.17) is 4.74 Å². The highest BCUT2D eigenvalue weighted by Gasteiger charge is 2.17. The SMILES string of the molecule is CCOC(=O)c1cn(CC)c2cccc(C=Cc3nc(C(C)C)cs3)c2c1=O. The van der Waals surface area contributed by atoms with E-state index in [0.717, 1.165) is 21.8 Å². The quantitative estimate of drug-likeness (QED) is 0.553. The number of fused-ring (bicyclic) bond motifs is 1. The summed E-state index contributed by atoms with van der Waals surface area (Å²) in [4.78, 5) is 30.0. The zero-order chi connectivity index (χ0) is 20.3. The van der Waals surface area contributed by atoms with Crippen molar-refractivity contribution in [2.45, 2.75) is 40.2 Å². The number of pyridine rings is 1. The van der Waals surface area contributed by atoms with E-state index in [9.17, 15) is 9.59 Å². The summed E-state index contributed by atoms with van der Waals surface area (Å²) >= 11 is 1.57. The zero-order valence-electron chi connectivity index (χ0n) is 16.6. The Kier molecular flexibility index (Phi) is 6.09. The normalized spacial score (nSPS) is 11.6. The molecule has 5 nitrogen and oxygen atoms in total. The van der Waals surface area contributed by atoms with Gasteiger partial charge in [-0.3, -0.25) is 4.79 Å². The number of ether oxygens (including phenoxy) is 1. The van der Waals surface area contributed by atoms with E-state index < -0.39 is 5.97 Å². The Balaban J connectivity index is 2.14. The van der Waals surface area contributed by atoms with Gasteiger partial charge in [0.05, 0.1) is 23.2 Å². The van der Waals surface area contributed by atoms with Gasteiger partial charge in [0, 0.05) is 18.1 Å². The molecule has 6 heteroatoms. The molecule has 0 atom stereocenters. The monoisotopic (exact) mass is 396 g/mol. The van der Waals surface area contributed by atoms with Gasteiger partial charge in [0.15, 0.2) is 0 Å². The first-order valence-corrected chi connectivity index (χ1v) is 10.3. The molecule has 0 spiro atoms. The van der Waals surface area contributed by atoms with Crippen molar-refractivity contribution in [2.75, 3.05) is 6.61 Å². The average molecular weight is 397 g/mol. The third kappa shape index (κ3) is 3.92. The Bertz CT molecular complexity index is 1090. The van der Waals surface area contributed by atoms with Crippen molar-refractivity contribution in [1.82, 2.24) is 9.55 Å². The summed E-state index contributed by atoms with van der Waals surface area (Å²) in [5, 5.41) is 3.46. The highest BCUT2D eigenvalue weighted by atomic mass is 32.1. The van der Waals surface area contributed by atoms with E-state index in [-0.39, 0.29) is 17.6 Å². The number of aryl methyl sites for hydroxylation is 1. The molecule has 146 valence electrons. The second-order valence-corrected chi connectivity index (χ2v) is 7.61. The van der Waals surface area contributed by atoms with E-state index in [1.807, 2.05) is 41.8 Å². The van der Waals surface area contributed by atoms with Crippen LogP contribution in [0.15, 0.2) is 34.6 Å². The summed E-state index contributed by atoms with van der Waals surface area (Å²) < 4.78 is 6.98. The van der Waals surface area contributed by atoms with Gasteiger partial charge < -0.3 is 9.30 Å². The number of esters is 1. The fourth-order valence-corrected chi connectivity index (χ4v) is 3.89. The van der Waals surface area contributed by atoms with E-state index in [2.05, 4.69) is 24.2 Å². The number of thiazole rings is 1. The highest BCUT2D eigenvalue weighted by Crippen LogP contribution is 2.22. The first kappa shape index (κ1) is 20.0. The van der Waals surface area contributed by atoms with Gasteiger partial charge in [-0.05, 0) is 37.5 Å². The molecule has 3 aromatic rings. The van der Waals surface area contributed by atoms with Crippen molar-refractivity contribution in [3.63, 3.8) is 0 Å². The van der Waals surface area contributed by atoms with Crippen LogP contribution in [0, 0.1) is 0 Å². The van der Waals surface area contributed by atoms with E-state index in [0.29, 0.717) is 17.8 Å². The third-order valence-corrected chi connectivity index (χ3v) is 5.34. The minimum atomic E-state index is -0.586. The van der Waals surface area contributed by atoms with Crippen LogP contribution >= 0.6 is 11.3 Å². The minimum Gasteiger partial charge on any atom is -0.462 e. The topological polar surface area (TPSA) is 61.2 Å². The predicted molar refractivity (Wildman–Crippen MR) is 115 cm³/mol. The van der Waals surface area contributed by atoms with Gasteiger partial charge in [-0.15, -0.1) is 11.3 Å². The van der Waals surface area contributed by atoms with Crippen LogP contribution in [0.4, 0.5) is 0 Å². The van der Waals surface area contributed by atoms with Crippen molar-refractivity contribution in [2.24, 2.45) is 0 Å². The number of rotatable bonds is 6. The Hall–Kier alpha value is -2.73. The molecule has 3 rings (SSSR count). The predicted octanol–water partition coefficient (Wildman–Crippen LogP) is 4.95. The van der Waals surface area contributed by atoms with Crippen molar-refractivity contribution in [3.8, 4) is 0 Å². The molecule has 28 heavy (non-hydrogen) atoms. The summed E-state index contributed by atoms with van der Waals surface area (Å²) in [5.74, 6) is -0.211. The smallest absolute Gasteiger partial charge is 0.343 e. The summed E-state index contributed by atoms with van der Waals surface area (Å²) in [5.41, 5.74) is 2.37. The van der Waals surface area contributed by atoms with Gasteiger partial charge in [-0.2, -0.15) is 0 Å². The summed E-state index contributed by atoms with van der Waals surface area (Å²) in [7, 11) is 0. The molecular formula is C22H24N2O3S. The Labute approximate surface area is 168 Å². The molecule has 0 saturated heterocycles. The van der Waals surface area contributed by atoms with Gasteiger partial charge >= 0.3 is 5.97 Å². The van der Waals surface area contributed by atoms with Crippen LogP contribution in [0.2, 0.25) is 0 Å². The molecule has 0 unspecified atom stereocenters. The van der Waals surface area contributed by atoms with Crippen LogP contribution in [-0.2, 0) is 11.3 Å². The van der Waals surface area contributed by atoms with Crippen LogP contribution in [0.3, 0.4) is 0 Å². The third-order valence-electron chi connectivity index (χ3n) is 4.51. The molecule has 2 heterocycles. The molecule has 0 aliphatic carbocycles. The number of aromatic nitrogens is 2. The largest absolute Gasteiger partial charge is 0.462 e. The van der Waals surface area contributed by atoms with E-state index in [1.54, 1.807) is 24.5 Å². The molecule has 0 saturated carbocycles. The second-order valence-electron chi connectivity index (χ2n) is 6.72. The molecule has 0 fully saturated rings. The number of nitrogens with zero attached hydrogens (tertiary/aromatic N) is 2. The Morgan fingerprint density at radius 2 is 2.07 bits per heavy atom. The molecule has 1 aromatic carbocycles. The summed E-state index contributed by atoms with van der Waals surface area (Å²) in [6, 6.07) is 5.69. The number of hydrogen-bond acceptors (Lipinski definition) is 5.